The molecule has 2 N–H and O–H groups in total. The molecule has 126 valence electrons. The number of hydrogen-bond donors (Lipinski definition) is 2. The van der Waals surface area contributed by atoms with E-state index in [2.05, 4.69) is 31.5 Å². The monoisotopic (exact) mass is 324 g/mol. The average Bonchev–Trinajstić information content (AvgIpc) is 3.04. The van der Waals surface area contributed by atoms with E-state index < -0.39 is 0 Å². The van der Waals surface area contributed by atoms with Gasteiger partial charge in [-0.1, -0.05) is 0 Å². The van der Waals surface area contributed by atoms with Crippen molar-refractivity contribution < 1.29 is 0 Å². The Morgan fingerprint density at radius 2 is 2.25 bits per heavy atom. The van der Waals surface area contributed by atoms with Gasteiger partial charge in [-0.15, -0.1) is 0 Å². The van der Waals surface area contributed by atoms with E-state index in [4.69, 9.17) is 4.98 Å². The molecule has 0 aromatic carbocycles. The first kappa shape index (κ1) is 14.4. The minimum Gasteiger partial charge on any atom is -0.337 e. The maximum Gasteiger partial charge on any atom is 0.225 e. The highest BCUT2D eigenvalue weighted by molar-refractivity contribution is 5.40. The van der Waals surface area contributed by atoms with Crippen LogP contribution in [0.5, 0.6) is 0 Å². The van der Waals surface area contributed by atoms with Gasteiger partial charge in [0.05, 0.1) is 11.4 Å². The van der Waals surface area contributed by atoms with Gasteiger partial charge in [-0.3, -0.25) is 5.10 Å². The molecule has 2 aliphatic heterocycles. The van der Waals surface area contributed by atoms with Crippen molar-refractivity contribution in [2.45, 2.75) is 44.1 Å². The molecule has 6 rings (SSSR count). The highest BCUT2D eigenvalue weighted by Crippen LogP contribution is 2.52. The largest absolute Gasteiger partial charge is 0.337 e. The standard InChI is InChI=1S/C18H24N6/c1-19-10-18-8-15(9-18)24(11-18)17-20-5-4-13(21-17)6-14-7-16(23-22-14)12-2-3-12/h4-5,7,12,15,19H,2-3,6,8-11H2,1H3,(H,22,23). The molecule has 2 bridgehead atoms. The van der Waals surface area contributed by atoms with Gasteiger partial charge in [0.25, 0.3) is 0 Å². The minimum atomic E-state index is 0.446. The molecule has 4 aliphatic rings. The van der Waals surface area contributed by atoms with Gasteiger partial charge in [0.2, 0.25) is 5.95 Å². The number of aromatic nitrogens is 4. The smallest absolute Gasteiger partial charge is 0.225 e. The van der Waals surface area contributed by atoms with Crippen molar-refractivity contribution in [2.24, 2.45) is 5.41 Å². The maximum absolute atomic E-state index is 4.83. The average molecular weight is 324 g/mol. The molecule has 6 heteroatoms. The van der Waals surface area contributed by atoms with Crippen molar-refractivity contribution in [2.75, 3.05) is 25.0 Å². The van der Waals surface area contributed by atoms with Gasteiger partial charge in [-0.2, -0.15) is 5.10 Å². The Hall–Kier alpha value is -1.95. The third-order valence-electron chi connectivity index (χ3n) is 5.81. The number of nitrogens with zero attached hydrogens (tertiary/aromatic N) is 4. The summed E-state index contributed by atoms with van der Waals surface area (Å²) in [4.78, 5) is 11.8. The number of anilines is 1. The molecule has 0 unspecified atom stereocenters. The second kappa shape index (κ2) is 5.28. The summed E-state index contributed by atoms with van der Waals surface area (Å²) in [6.45, 7) is 2.18. The van der Waals surface area contributed by atoms with E-state index in [1.165, 1.54) is 31.4 Å². The fourth-order valence-electron chi connectivity index (χ4n) is 4.46. The Balaban J connectivity index is 1.31. The molecule has 4 fully saturated rings. The molecule has 0 amide bonds. The van der Waals surface area contributed by atoms with Crippen molar-refractivity contribution in [3.05, 3.63) is 35.4 Å². The Kier molecular flexibility index (Phi) is 3.16. The number of rotatable bonds is 6. The predicted octanol–water partition coefficient (Wildman–Crippen LogP) is 1.86. The number of hydrogen-bond acceptors (Lipinski definition) is 5. The quantitative estimate of drug-likeness (QED) is 0.849. The SMILES string of the molecule is CNCC12CC(C1)N(c1nccc(Cc3cc(C4CC4)n[nH]3)n1)C2. The molecule has 2 aromatic rings. The van der Waals surface area contributed by atoms with Crippen LogP contribution in [0.25, 0.3) is 0 Å². The Morgan fingerprint density at radius 3 is 3.04 bits per heavy atom. The summed E-state index contributed by atoms with van der Waals surface area (Å²) in [5.41, 5.74) is 3.88. The van der Waals surface area contributed by atoms with Crippen LogP contribution < -0.4 is 10.2 Å². The third-order valence-corrected chi connectivity index (χ3v) is 5.81. The van der Waals surface area contributed by atoms with Crippen LogP contribution >= 0.6 is 0 Å². The van der Waals surface area contributed by atoms with Crippen LogP contribution in [-0.2, 0) is 6.42 Å². The van der Waals surface area contributed by atoms with Crippen molar-refractivity contribution in [1.29, 1.82) is 0 Å². The lowest BCUT2D eigenvalue weighted by atomic mass is 9.70. The van der Waals surface area contributed by atoms with Crippen molar-refractivity contribution in [1.82, 2.24) is 25.5 Å². The van der Waals surface area contributed by atoms with Gasteiger partial charge in [0.1, 0.15) is 0 Å². The molecule has 2 aromatic heterocycles. The molecule has 2 saturated heterocycles. The van der Waals surface area contributed by atoms with Crippen LogP contribution in [0, 0.1) is 5.41 Å². The van der Waals surface area contributed by atoms with Crippen LogP contribution in [0.2, 0.25) is 0 Å². The van der Waals surface area contributed by atoms with E-state index in [0.717, 1.165) is 36.8 Å². The van der Waals surface area contributed by atoms with Gasteiger partial charge < -0.3 is 10.2 Å². The van der Waals surface area contributed by atoms with Gasteiger partial charge in [0, 0.05) is 48.8 Å². The van der Waals surface area contributed by atoms with E-state index in [-0.39, 0.29) is 0 Å². The number of fused-ring (bicyclic) bond motifs is 1. The Morgan fingerprint density at radius 1 is 1.38 bits per heavy atom. The molecule has 2 saturated carbocycles. The van der Waals surface area contributed by atoms with E-state index in [0.29, 0.717) is 17.4 Å². The fourth-order valence-corrected chi connectivity index (χ4v) is 4.46. The van der Waals surface area contributed by atoms with E-state index in [9.17, 15) is 0 Å². The molecule has 0 spiro atoms. The van der Waals surface area contributed by atoms with Crippen LogP contribution in [-0.4, -0.2) is 46.3 Å². The third kappa shape index (κ3) is 2.40. The molecular weight excluding hydrogens is 300 g/mol. The number of nitrogens with one attached hydrogen (secondary N) is 2. The normalized spacial score (nSPS) is 28.2. The number of aromatic amines is 1. The first-order valence-corrected chi connectivity index (χ1v) is 9.02. The van der Waals surface area contributed by atoms with Gasteiger partial charge >= 0.3 is 0 Å². The van der Waals surface area contributed by atoms with Crippen molar-refractivity contribution >= 4 is 5.95 Å². The summed E-state index contributed by atoms with van der Waals surface area (Å²) in [5, 5.41) is 11.0. The van der Waals surface area contributed by atoms with Crippen LogP contribution in [0.3, 0.4) is 0 Å². The Labute approximate surface area is 142 Å². The zero-order chi connectivity index (χ0) is 16.1. The molecule has 0 atom stereocenters. The molecule has 4 heterocycles. The first-order chi connectivity index (χ1) is 11.7. The number of H-pyrrole nitrogens is 1. The molecule has 2 aliphatic carbocycles. The topological polar surface area (TPSA) is 69.7 Å². The van der Waals surface area contributed by atoms with E-state index >= 15 is 0 Å². The van der Waals surface area contributed by atoms with E-state index in [1.54, 1.807) is 0 Å². The maximum atomic E-state index is 4.83. The van der Waals surface area contributed by atoms with Crippen LogP contribution in [0.1, 0.15) is 48.7 Å². The zero-order valence-corrected chi connectivity index (χ0v) is 14.1. The lowest BCUT2D eigenvalue weighted by Gasteiger charge is -2.36. The van der Waals surface area contributed by atoms with Crippen LogP contribution in [0.15, 0.2) is 18.3 Å². The summed E-state index contributed by atoms with van der Waals surface area (Å²) in [7, 11) is 2.04. The van der Waals surface area contributed by atoms with E-state index in [1.807, 2.05) is 19.3 Å². The lowest BCUT2D eigenvalue weighted by molar-refractivity contribution is 0.196. The molecular formula is C18H24N6. The first-order valence-electron chi connectivity index (χ1n) is 9.02. The zero-order valence-electron chi connectivity index (χ0n) is 14.1. The second-order valence-electron chi connectivity index (χ2n) is 7.84. The van der Waals surface area contributed by atoms with Gasteiger partial charge in [-0.05, 0) is 44.9 Å². The second-order valence-corrected chi connectivity index (χ2v) is 7.84. The predicted molar refractivity (Wildman–Crippen MR) is 92.1 cm³/mol. The summed E-state index contributed by atoms with van der Waals surface area (Å²) in [6, 6.07) is 4.85. The highest BCUT2D eigenvalue weighted by Gasteiger charge is 2.55. The summed E-state index contributed by atoms with van der Waals surface area (Å²) < 4.78 is 0. The highest BCUT2D eigenvalue weighted by atomic mass is 15.3. The van der Waals surface area contributed by atoms with Crippen molar-refractivity contribution in [3.8, 4) is 0 Å². The molecule has 6 nitrogen and oxygen atoms in total. The minimum absolute atomic E-state index is 0.446. The Bertz CT molecular complexity index is 743. The fraction of sp³-hybridized carbons (Fsp3) is 0.611. The summed E-state index contributed by atoms with van der Waals surface area (Å²) >= 11 is 0. The van der Waals surface area contributed by atoms with Crippen molar-refractivity contribution in [3.63, 3.8) is 0 Å². The van der Waals surface area contributed by atoms with Gasteiger partial charge in [0.15, 0.2) is 0 Å². The lowest BCUT2D eigenvalue weighted by Crippen LogP contribution is -2.41. The molecule has 24 heavy (non-hydrogen) atoms. The van der Waals surface area contributed by atoms with Crippen LogP contribution in [0.4, 0.5) is 5.95 Å². The molecule has 0 radical (unpaired) electrons. The van der Waals surface area contributed by atoms with Gasteiger partial charge in [-0.25, -0.2) is 9.97 Å². The summed E-state index contributed by atoms with van der Waals surface area (Å²) in [5.74, 6) is 1.59. The summed E-state index contributed by atoms with van der Waals surface area (Å²) in [6.07, 6.45) is 7.81.